The van der Waals surface area contributed by atoms with Crippen LogP contribution in [0.4, 0.5) is 0 Å². The molecule has 74 valence electrons. The van der Waals surface area contributed by atoms with Gasteiger partial charge >= 0.3 is 0 Å². The lowest BCUT2D eigenvalue weighted by Crippen LogP contribution is -2.47. The lowest BCUT2D eigenvalue weighted by Gasteiger charge is -2.34. The van der Waals surface area contributed by atoms with Crippen LogP contribution in [-0.4, -0.2) is 17.7 Å². The molecule has 2 N–H and O–H groups in total. The molecule has 1 fully saturated rings. The van der Waals surface area contributed by atoms with E-state index < -0.39 is 0 Å². The molecule has 13 heavy (non-hydrogen) atoms. The molecule has 0 atom stereocenters. The zero-order chi connectivity index (χ0) is 9.84. The van der Waals surface area contributed by atoms with Crippen molar-refractivity contribution in [2.75, 3.05) is 6.54 Å². The van der Waals surface area contributed by atoms with E-state index in [9.17, 15) is 0 Å². The van der Waals surface area contributed by atoms with Gasteiger partial charge in [-0.3, -0.25) is 0 Å². The van der Waals surface area contributed by atoms with E-state index in [0.717, 1.165) is 23.1 Å². The van der Waals surface area contributed by atoms with Crippen molar-refractivity contribution in [2.45, 2.75) is 32.7 Å². The number of hydrogen-bond acceptors (Lipinski definition) is 1. The first kappa shape index (κ1) is 10.5. The summed E-state index contributed by atoms with van der Waals surface area (Å²) in [4.78, 5) is 0. The van der Waals surface area contributed by atoms with Crippen LogP contribution >= 0.6 is 12.2 Å². The van der Waals surface area contributed by atoms with E-state index >= 15 is 0 Å². The molecule has 1 rings (SSSR count). The van der Waals surface area contributed by atoms with Crippen LogP contribution in [0.25, 0.3) is 0 Å². The molecular weight excluding hydrogens is 180 g/mol. The second-order valence-corrected chi connectivity index (χ2v) is 4.47. The number of hydrogen-bond donors (Lipinski definition) is 2. The lowest BCUT2D eigenvalue weighted by atomic mass is 9.82. The van der Waals surface area contributed by atoms with Gasteiger partial charge in [-0.25, -0.2) is 0 Å². The third kappa shape index (κ3) is 3.77. The van der Waals surface area contributed by atoms with E-state index in [0.29, 0.717) is 6.04 Å². The minimum atomic E-state index is 0.597. The summed E-state index contributed by atoms with van der Waals surface area (Å²) in [5.41, 5.74) is 1.10. The highest BCUT2D eigenvalue weighted by Gasteiger charge is 2.25. The summed E-state index contributed by atoms with van der Waals surface area (Å²) in [5, 5.41) is 7.16. The summed E-state index contributed by atoms with van der Waals surface area (Å²) in [6.07, 6.45) is 2.49. The molecule has 0 aromatic rings. The highest BCUT2D eigenvalue weighted by atomic mass is 32.1. The quantitative estimate of drug-likeness (QED) is 0.534. The minimum absolute atomic E-state index is 0.597. The highest BCUT2D eigenvalue weighted by molar-refractivity contribution is 7.80. The largest absolute Gasteiger partial charge is 0.360 e. The van der Waals surface area contributed by atoms with E-state index in [2.05, 4.69) is 24.1 Å². The van der Waals surface area contributed by atoms with Crippen LogP contribution in [-0.2, 0) is 0 Å². The number of thiocarbonyl (C=S) groups is 1. The molecule has 0 saturated heterocycles. The van der Waals surface area contributed by atoms with Crippen molar-refractivity contribution in [3.63, 3.8) is 0 Å². The molecule has 0 amide bonds. The fourth-order valence-corrected chi connectivity index (χ4v) is 1.73. The molecule has 0 aliphatic heterocycles. The fraction of sp³-hybridized carbons (Fsp3) is 0.700. The molecular formula is C10H18N2S. The second kappa shape index (κ2) is 4.61. The van der Waals surface area contributed by atoms with Crippen molar-refractivity contribution in [1.29, 1.82) is 0 Å². The van der Waals surface area contributed by atoms with Crippen LogP contribution in [0.5, 0.6) is 0 Å². The molecule has 0 unspecified atom stereocenters. The Morgan fingerprint density at radius 2 is 2.15 bits per heavy atom. The summed E-state index contributed by atoms with van der Waals surface area (Å²) < 4.78 is 0. The van der Waals surface area contributed by atoms with E-state index in [-0.39, 0.29) is 0 Å². The Morgan fingerprint density at radius 3 is 2.62 bits per heavy atom. The standard InChI is InChI=1S/C10H18N2S/c1-7(2)6-11-10(13)12-9-4-8(3)5-9/h8-9H,1,4-6H2,2-3H3,(H2,11,12,13). The molecule has 0 bridgehead atoms. The Morgan fingerprint density at radius 1 is 1.54 bits per heavy atom. The van der Waals surface area contributed by atoms with Gasteiger partial charge < -0.3 is 10.6 Å². The third-order valence-corrected chi connectivity index (χ3v) is 2.52. The van der Waals surface area contributed by atoms with E-state index in [4.69, 9.17) is 12.2 Å². The topological polar surface area (TPSA) is 24.1 Å². The molecule has 0 aromatic carbocycles. The average Bonchev–Trinajstić information content (AvgIpc) is 1.98. The molecule has 0 aromatic heterocycles. The van der Waals surface area contributed by atoms with Gasteiger partial charge in [0.05, 0.1) is 0 Å². The maximum absolute atomic E-state index is 5.12. The van der Waals surface area contributed by atoms with Crippen LogP contribution in [0.3, 0.4) is 0 Å². The van der Waals surface area contributed by atoms with Gasteiger partial charge in [-0.15, -0.1) is 0 Å². The van der Waals surface area contributed by atoms with Gasteiger partial charge in [0, 0.05) is 12.6 Å². The summed E-state index contributed by atoms with van der Waals surface area (Å²) in [6.45, 7) is 8.83. The monoisotopic (exact) mass is 198 g/mol. The van der Waals surface area contributed by atoms with Crippen molar-refractivity contribution in [2.24, 2.45) is 5.92 Å². The zero-order valence-corrected chi connectivity index (χ0v) is 9.21. The Hall–Kier alpha value is -0.570. The summed E-state index contributed by atoms with van der Waals surface area (Å²) in [5.74, 6) is 0.862. The summed E-state index contributed by atoms with van der Waals surface area (Å²) in [7, 11) is 0. The Labute approximate surface area is 85.8 Å². The summed E-state index contributed by atoms with van der Waals surface area (Å²) in [6, 6.07) is 0.597. The van der Waals surface area contributed by atoms with E-state index in [1.165, 1.54) is 12.8 Å². The lowest BCUT2D eigenvalue weighted by molar-refractivity contribution is 0.267. The molecule has 2 nitrogen and oxygen atoms in total. The van der Waals surface area contributed by atoms with E-state index in [1.807, 2.05) is 6.92 Å². The minimum Gasteiger partial charge on any atom is -0.360 e. The zero-order valence-electron chi connectivity index (χ0n) is 8.39. The van der Waals surface area contributed by atoms with Gasteiger partial charge in [-0.1, -0.05) is 19.1 Å². The van der Waals surface area contributed by atoms with Crippen molar-refractivity contribution < 1.29 is 0 Å². The fourth-order valence-electron chi connectivity index (χ4n) is 1.49. The van der Waals surface area contributed by atoms with Gasteiger partial charge in [-0.05, 0) is 37.9 Å². The molecule has 3 heteroatoms. The Kier molecular flexibility index (Phi) is 3.72. The summed E-state index contributed by atoms with van der Waals surface area (Å²) >= 11 is 5.12. The molecule has 1 aliphatic carbocycles. The second-order valence-electron chi connectivity index (χ2n) is 4.06. The molecule has 0 spiro atoms. The van der Waals surface area contributed by atoms with Gasteiger partial charge in [0.2, 0.25) is 0 Å². The van der Waals surface area contributed by atoms with Gasteiger partial charge in [0.25, 0.3) is 0 Å². The smallest absolute Gasteiger partial charge is 0.166 e. The van der Waals surface area contributed by atoms with E-state index in [1.54, 1.807) is 0 Å². The van der Waals surface area contributed by atoms with Crippen LogP contribution < -0.4 is 10.6 Å². The Balaban J connectivity index is 2.08. The molecule has 0 radical (unpaired) electrons. The number of nitrogens with one attached hydrogen (secondary N) is 2. The van der Waals surface area contributed by atoms with Crippen LogP contribution in [0.1, 0.15) is 26.7 Å². The van der Waals surface area contributed by atoms with Crippen molar-refractivity contribution >= 4 is 17.3 Å². The predicted molar refractivity (Wildman–Crippen MR) is 60.7 cm³/mol. The van der Waals surface area contributed by atoms with Gasteiger partial charge in [0.15, 0.2) is 5.11 Å². The third-order valence-electron chi connectivity index (χ3n) is 2.26. The maximum atomic E-state index is 5.12. The average molecular weight is 198 g/mol. The number of rotatable bonds is 3. The van der Waals surface area contributed by atoms with Crippen LogP contribution in [0.2, 0.25) is 0 Å². The first-order valence-corrected chi connectivity index (χ1v) is 5.17. The van der Waals surface area contributed by atoms with Crippen LogP contribution in [0, 0.1) is 5.92 Å². The normalized spacial score (nSPS) is 26.0. The van der Waals surface area contributed by atoms with Crippen molar-refractivity contribution in [1.82, 2.24) is 10.6 Å². The predicted octanol–water partition coefficient (Wildman–Crippen LogP) is 1.83. The molecule has 1 aliphatic rings. The SMILES string of the molecule is C=C(C)CNC(=S)NC1CC(C)C1. The van der Waals surface area contributed by atoms with Crippen molar-refractivity contribution in [3.05, 3.63) is 12.2 Å². The Bertz CT molecular complexity index is 207. The maximum Gasteiger partial charge on any atom is 0.166 e. The van der Waals surface area contributed by atoms with Gasteiger partial charge in [0.1, 0.15) is 0 Å². The van der Waals surface area contributed by atoms with Crippen LogP contribution in [0.15, 0.2) is 12.2 Å². The first-order valence-electron chi connectivity index (χ1n) is 4.76. The van der Waals surface area contributed by atoms with Crippen molar-refractivity contribution in [3.8, 4) is 0 Å². The molecule has 0 heterocycles. The first-order chi connectivity index (χ1) is 6.08. The molecule has 1 saturated carbocycles. The highest BCUT2D eigenvalue weighted by Crippen LogP contribution is 2.25. The van der Waals surface area contributed by atoms with Gasteiger partial charge in [-0.2, -0.15) is 0 Å².